The number of ether oxygens (including phenoxy) is 3. The number of carbonyl (C=O) groups is 1. The van der Waals surface area contributed by atoms with Crippen molar-refractivity contribution in [3.63, 3.8) is 0 Å². The molecule has 0 radical (unpaired) electrons. The van der Waals surface area contributed by atoms with Gasteiger partial charge in [0, 0.05) is 49.0 Å². The third-order valence-corrected chi connectivity index (χ3v) is 6.55. The van der Waals surface area contributed by atoms with Gasteiger partial charge in [-0.05, 0) is 47.5 Å². The Morgan fingerprint density at radius 3 is 2.71 bits per heavy atom. The van der Waals surface area contributed by atoms with Crippen LogP contribution in [0.3, 0.4) is 0 Å². The molecule has 34 heavy (non-hydrogen) atoms. The Hall–Kier alpha value is -3.13. The molecule has 2 N–H and O–H groups in total. The highest BCUT2D eigenvalue weighted by Crippen LogP contribution is 2.41. The van der Waals surface area contributed by atoms with Gasteiger partial charge in [-0.15, -0.1) is 0 Å². The molecule has 0 bridgehead atoms. The fourth-order valence-corrected chi connectivity index (χ4v) is 4.75. The Bertz CT molecular complexity index is 1240. The number of hydrogen-bond acceptors (Lipinski definition) is 6. The molecule has 0 atom stereocenters. The lowest BCUT2D eigenvalue weighted by Gasteiger charge is -2.29. The van der Waals surface area contributed by atoms with Crippen molar-refractivity contribution in [2.24, 2.45) is 5.73 Å². The van der Waals surface area contributed by atoms with Crippen LogP contribution in [0.15, 0.2) is 42.5 Å². The van der Waals surface area contributed by atoms with Gasteiger partial charge in [0.15, 0.2) is 0 Å². The number of nitrogens with zero attached hydrogens (tertiary/aromatic N) is 2. The van der Waals surface area contributed by atoms with Crippen molar-refractivity contribution in [1.29, 1.82) is 0 Å². The molecular formula is C26H26ClN3O4. The minimum atomic E-state index is -0.466. The van der Waals surface area contributed by atoms with E-state index in [-0.39, 0.29) is 0 Å². The number of morpholine rings is 1. The predicted molar refractivity (Wildman–Crippen MR) is 132 cm³/mol. The van der Waals surface area contributed by atoms with E-state index in [2.05, 4.69) is 23.1 Å². The van der Waals surface area contributed by atoms with Crippen molar-refractivity contribution in [3.8, 4) is 28.3 Å². The Morgan fingerprint density at radius 1 is 1.15 bits per heavy atom. The number of hydrogen-bond donors (Lipinski definition) is 1. The third kappa shape index (κ3) is 4.34. The lowest BCUT2D eigenvalue weighted by molar-refractivity contribution is 0.0999. The van der Waals surface area contributed by atoms with Gasteiger partial charge in [0.1, 0.15) is 12.4 Å². The maximum absolute atomic E-state index is 12.4. The van der Waals surface area contributed by atoms with Crippen LogP contribution in [0.5, 0.6) is 5.75 Å². The van der Waals surface area contributed by atoms with Crippen molar-refractivity contribution in [2.75, 3.05) is 51.5 Å². The zero-order chi connectivity index (χ0) is 23.7. The molecule has 2 aromatic carbocycles. The second-order valence-electron chi connectivity index (χ2n) is 8.35. The largest absolute Gasteiger partial charge is 0.490 e. The van der Waals surface area contributed by atoms with Gasteiger partial charge in [-0.2, -0.15) is 0 Å². The van der Waals surface area contributed by atoms with Crippen LogP contribution in [0, 0.1) is 0 Å². The zero-order valence-corrected chi connectivity index (χ0v) is 19.7. The summed E-state index contributed by atoms with van der Waals surface area (Å²) < 4.78 is 16.1. The molecule has 2 aliphatic rings. The number of primary amides is 1. The van der Waals surface area contributed by atoms with Gasteiger partial charge in [-0.25, -0.2) is 4.98 Å². The van der Waals surface area contributed by atoms with E-state index in [1.165, 1.54) is 0 Å². The molecule has 1 aromatic heterocycles. The number of anilines is 1. The van der Waals surface area contributed by atoms with Crippen LogP contribution in [0.2, 0.25) is 5.02 Å². The minimum absolute atomic E-state index is 0.404. The Morgan fingerprint density at radius 2 is 1.97 bits per heavy atom. The predicted octanol–water partition coefficient (Wildman–Crippen LogP) is 3.93. The normalized spacial score (nSPS) is 14.6. The summed E-state index contributed by atoms with van der Waals surface area (Å²) in [6, 6.07) is 13.6. The summed E-state index contributed by atoms with van der Waals surface area (Å²) in [6.45, 7) is 4.07. The number of carbonyl (C=O) groups excluding carboxylic acids is 1. The SMILES string of the molecule is COCCOc1ccc(-c2cc(C(N)=O)c3c(n2)-c2ccc(N4CCOCC4)cc2C3)cc1Cl. The molecule has 1 saturated heterocycles. The van der Waals surface area contributed by atoms with Crippen LogP contribution >= 0.6 is 11.6 Å². The lowest BCUT2D eigenvalue weighted by Crippen LogP contribution is -2.36. The first-order chi connectivity index (χ1) is 16.5. The van der Waals surface area contributed by atoms with Gasteiger partial charge in [-0.1, -0.05) is 17.7 Å². The van der Waals surface area contributed by atoms with Crippen molar-refractivity contribution < 1.29 is 19.0 Å². The summed E-state index contributed by atoms with van der Waals surface area (Å²) >= 11 is 6.45. The molecule has 8 heteroatoms. The molecule has 1 aliphatic carbocycles. The van der Waals surface area contributed by atoms with Crippen LogP contribution in [0.1, 0.15) is 21.5 Å². The van der Waals surface area contributed by atoms with E-state index < -0.39 is 5.91 Å². The van der Waals surface area contributed by atoms with Gasteiger partial charge in [0.2, 0.25) is 5.91 Å². The fraction of sp³-hybridized carbons (Fsp3) is 0.308. The number of pyridine rings is 1. The van der Waals surface area contributed by atoms with E-state index >= 15 is 0 Å². The van der Waals surface area contributed by atoms with Crippen LogP contribution in [-0.2, 0) is 15.9 Å². The maximum atomic E-state index is 12.4. The Labute approximate surface area is 203 Å². The smallest absolute Gasteiger partial charge is 0.249 e. The average Bonchev–Trinajstić information content (AvgIpc) is 3.22. The number of aromatic nitrogens is 1. The average molecular weight is 480 g/mol. The summed E-state index contributed by atoms with van der Waals surface area (Å²) in [5, 5.41) is 0.465. The first kappa shape index (κ1) is 22.7. The number of benzene rings is 2. The first-order valence-corrected chi connectivity index (χ1v) is 11.6. The number of fused-ring (bicyclic) bond motifs is 3. The van der Waals surface area contributed by atoms with Gasteiger partial charge in [-0.3, -0.25) is 4.79 Å². The van der Waals surface area contributed by atoms with Gasteiger partial charge < -0.3 is 24.8 Å². The van der Waals surface area contributed by atoms with E-state index in [0.29, 0.717) is 41.7 Å². The standard InChI is InChI=1S/C26H26ClN3O4/c1-32-10-11-34-24-5-2-16(14-22(24)27)23-15-21(26(28)31)20-13-17-12-18(30-6-8-33-9-7-30)3-4-19(17)25(20)29-23/h2-5,12,14-15H,6-11,13H2,1H3,(H2,28,31). The van der Waals surface area contributed by atoms with Crippen LogP contribution in [-0.4, -0.2) is 57.5 Å². The highest BCUT2D eigenvalue weighted by Gasteiger charge is 2.27. The molecule has 2 heterocycles. The highest BCUT2D eigenvalue weighted by atomic mass is 35.5. The minimum Gasteiger partial charge on any atom is -0.490 e. The van der Waals surface area contributed by atoms with Crippen molar-refractivity contribution in [1.82, 2.24) is 4.98 Å². The summed E-state index contributed by atoms with van der Waals surface area (Å²) in [4.78, 5) is 19.6. The van der Waals surface area contributed by atoms with Crippen molar-refractivity contribution >= 4 is 23.2 Å². The zero-order valence-electron chi connectivity index (χ0n) is 19.0. The second-order valence-corrected chi connectivity index (χ2v) is 8.76. The van der Waals surface area contributed by atoms with Gasteiger partial charge in [0.05, 0.1) is 36.2 Å². The molecule has 0 unspecified atom stereocenters. The first-order valence-electron chi connectivity index (χ1n) is 11.3. The Kier molecular flexibility index (Phi) is 6.41. The van der Waals surface area contributed by atoms with E-state index in [1.54, 1.807) is 25.3 Å². The van der Waals surface area contributed by atoms with E-state index in [1.807, 2.05) is 6.07 Å². The van der Waals surface area contributed by atoms with Crippen LogP contribution in [0.25, 0.3) is 22.5 Å². The summed E-state index contributed by atoms with van der Waals surface area (Å²) in [7, 11) is 1.62. The van der Waals surface area contributed by atoms with Crippen LogP contribution in [0.4, 0.5) is 5.69 Å². The molecule has 1 aliphatic heterocycles. The number of halogens is 1. The van der Waals surface area contributed by atoms with Crippen molar-refractivity contribution in [3.05, 3.63) is 64.2 Å². The number of nitrogens with two attached hydrogens (primary N) is 1. The molecule has 5 rings (SSSR count). The third-order valence-electron chi connectivity index (χ3n) is 6.25. The quantitative estimate of drug-likeness (QED) is 0.404. The van der Waals surface area contributed by atoms with E-state index in [9.17, 15) is 4.79 Å². The second kappa shape index (κ2) is 9.62. The molecule has 1 fully saturated rings. The molecule has 3 aromatic rings. The monoisotopic (exact) mass is 479 g/mol. The van der Waals surface area contributed by atoms with E-state index in [4.69, 9.17) is 36.5 Å². The fourth-order valence-electron chi connectivity index (χ4n) is 4.52. The number of amides is 1. The molecular weight excluding hydrogens is 454 g/mol. The molecule has 7 nitrogen and oxygen atoms in total. The van der Waals surface area contributed by atoms with Crippen molar-refractivity contribution in [2.45, 2.75) is 6.42 Å². The molecule has 1 amide bonds. The van der Waals surface area contributed by atoms with E-state index in [0.717, 1.165) is 59.9 Å². The number of methoxy groups -OCH3 is 1. The summed E-state index contributed by atoms with van der Waals surface area (Å²) in [5.74, 6) is 0.103. The number of rotatable bonds is 7. The molecule has 176 valence electrons. The highest BCUT2D eigenvalue weighted by molar-refractivity contribution is 6.32. The van der Waals surface area contributed by atoms with Crippen LogP contribution < -0.4 is 15.4 Å². The molecule has 0 spiro atoms. The summed E-state index contributed by atoms with van der Waals surface area (Å²) in [6.07, 6.45) is 0.626. The topological polar surface area (TPSA) is 86.9 Å². The summed E-state index contributed by atoms with van der Waals surface area (Å²) in [5.41, 5.74) is 12.7. The van der Waals surface area contributed by atoms with Gasteiger partial charge >= 0.3 is 0 Å². The Balaban J connectivity index is 1.51. The maximum Gasteiger partial charge on any atom is 0.249 e. The molecule has 0 saturated carbocycles. The lowest BCUT2D eigenvalue weighted by atomic mass is 10.0. The van der Waals surface area contributed by atoms with Gasteiger partial charge in [0.25, 0.3) is 0 Å².